The molecule has 0 aliphatic carbocycles. The third kappa shape index (κ3) is 5.93. The van der Waals surface area contributed by atoms with Crippen molar-refractivity contribution >= 4 is 11.8 Å². The minimum atomic E-state index is 0.00281. The lowest BCUT2D eigenvalue weighted by atomic mass is 10.0. The van der Waals surface area contributed by atoms with E-state index in [4.69, 9.17) is 4.74 Å². The zero-order valence-corrected chi connectivity index (χ0v) is 14.0. The number of ether oxygens (including phenoxy) is 1. The molecule has 2 rings (SSSR count). The number of hydrogen-bond donors (Lipinski definition) is 1. The summed E-state index contributed by atoms with van der Waals surface area (Å²) in [6, 6.07) is 8.13. The summed E-state index contributed by atoms with van der Waals surface area (Å²) in [4.78, 5) is 25.1. The third-order valence-corrected chi connectivity index (χ3v) is 4.08. The highest BCUT2D eigenvalue weighted by Gasteiger charge is 2.22. The Balaban J connectivity index is 1.62. The number of rotatable bonds is 6. The first-order valence-corrected chi connectivity index (χ1v) is 8.29. The lowest BCUT2D eigenvalue weighted by Gasteiger charge is -2.32. The van der Waals surface area contributed by atoms with E-state index in [9.17, 15) is 9.59 Å². The van der Waals surface area contributed by atoms with Crippen LogP contribution in [0.1, 0.15) is 38.2 Å². The van der Waals surface area contributed by atoms with Crippen LogP contribution in [0.15, 0.2) is 24.3 Å². The lowest BCUT2D eigenvalue weighted by Crippen LogP contribution is -2.46. The maximum Gasteiger partial charge on any atom is 0.222 e. The number of nitrogens with zero attached hydrogens (tertiary/aromatic N) is 1. The van der Waals surface area contributed by atoms with Gasteiger partial charge in [-0.25, -0.2) is 0 Å². The Morgan fingerprint density at radius 2 is 1.87 bits per heavy atom. The van der Waals surface area contributed by atoms with E-state index in [-0.39, 0.29) is 17.9 Å². The maximum absolute atomic E-state index is 12.2. The first-order valence-electron chi connectivity index (χ1n) is 8.29. The SMILES string of the molecule is CC(=O)NC1CCN(C(=O)CCCOc2ccc(C)cc2)CC1. The maximum atomic E-state index is 12.2. The van der Waals surface area contributed by atoms with Gasteiger partial charge in [0, 0.05) is 32.5 Å². The molecule has 0 bridgehead atoms. The normalized spacial score (nSPS) is 15.3. The van der Waals surface area contributed by atoms with Crippen molar-refractivity contribution in [3.63, 3.8) is 0 Å². The van der Waals surface area contributed by atoms with E-state index in [1.54, 1.807) is 0 Å². The summed E-state index contributed by atoms with van der Waals surface area (Å²) < 4.78 is 5.64. The second-order valence-corrected chi connectivity index (χ2v) is 6.12. The van der Waals surface area contributed by atoms with Gasteiger partial charge in [-0.3, -0.25) is 9.59 Å². The molecule has 0 spiro atoms. The highest BCUT2D eigenvalue weighted by molar-refractivity contribution is 5.76. The minimum absolute atomic E-state index is 0.00281. The molecule has 1 aliphatic heterocycles. The Hall–Kier alpha value is -2.04. The minimum Gasteiger partial charge on any atom is -0.494 e. The second kappa shape index (κ2) is 8.56. The number of benzene rings is 1. The van der Waals surface area contributed by atoms with Crippen LogP contribution in [-0.4, -0.2) is 42.5 Å². The van der Waals surface area contributed by atoms with E-state index in [0.717, 1.165) is 38.1 Å². The topological polar surface area (TPSA) is 58.6 Å². The number of hydrogen-bond acceptors (Lipinski definition) is 3. The Kier molecular flexibility index (Phi) is 6.44. The molecule has 1 fully saturated rings. The van der Waals surface area contributed by atoms with Gasteiger partial charge in [-0.2, -0.15) is 0 Å². The van der Waals surface area contributed by atoms with Gasteiger partial charge in [0.25, 0.3) is 0 Å². The Morgan fingerprint density at radius 1 is 1.22 bits per heavy atom. The van der Waals surface area contributed by atoms with E-state index in [1.807, 2.05) is 36.1 Å². The van der Waals surface area contributed by atoms with Gasteiger partial charge in [0.05, 0.1) is 6.61 Å². The molecular formula is C18H26N2O3. The molecular weight excluding hydrogens is 292 g/mol. The molecule has 0 atom stereocenters. The number of piperidine rings is 1. The fourth-order valence-corrected chi connectivity index (χ4v) is 2.77. The van der Waals surface area contributed by atoms with Crippen LogP contribution in [-0.2, 0) is 9.59 Å². The molecule has 5 heteroatoms. The number of nitrogens with one attached hydrogen (secondary N) is 1. The molecule has 1 aliphatic rings. The number of carbonyl (C=O) groups excluding carboxylic acids is 2. The number of likely N-dealkylation sites (tertiary alicyclic amines) is 1. The van der Waals surface area contributed by atoms with E-state index in [1.165, 1.54) is 12.5 Å². The van der Waals surface area contributed by atoms with Crippen LogP contribution in [0.25, 0.3) is 0 Å². The summed E-state index contributed by atoms with van der Waals surface area (Å²) in [5.41, 5.74) is 1.20. The summed E-state index contributed by atoms with van der Waals surface area (Å²) in [5.74, 6) is 1.03. The molecule has 23 heavy (non-hydrogen) atoms. The van der Waals surface area contributed by atoms with Crippen LogP contribution < -0.4 is 10.1 Å². The highest BCUT2D eigenvalue weighted by atomic mass is 16.5. The molecule has 1 aromatic carbocycles. The van der Waals surface area contributed by atoms with Crippen LogP contribution in [0.2, 0.25) is 0 Å². The monoisotopic (exact) mass is 318 g/mol. The largest absolute Gasteiger partial charge is 0.494 e. The van der Waals surface area contributed by atoms with Crippen LogP contribution in [0, 0.1) is 6.92 Å². The molecule has 1 saturated heterocycles. The van der Waals surface area contributed by atoms with Gasteiger partial charge >= 0.3 is 0 Å². The van der Waals surface area contributed by atoms with Crippen molar-refractivity contribution in [1.29, 1.82) is 0 Å². The molecule has 1 N–H and O–H groups in total. The van der Waals surface area contributed by atoms with Crippen LogP contribution in [0.4, 0.5) is 0 Å². The molecule has 0 aromatic heterocycles. The number of carbonyl (C=O) groups is 2. The lowest BCUT2D eigenvalue weighted by molar-refractivity contribution is -0.132. The van der Waals surface area contributed by atoms with Crippen molar-refractivity contribution in [2.45, 2.75) is 45.6 Å². The van der Waals surface area contributed by atoms with Gasteiger partial charge in [-0.1, -0.05) is 17.7 Å². The summed E-state index contributed by atoms with van der Waals surface area (Å²) in [6.45, 7) is 5.57. The van der Waals surface area contributed by atoms with Crippen molar-refractivity contribution in [1.82, 2.24) is 10.2 Å². The van der Waals surface area contributed by atoms with Crippen molar-refractivity contribution in [3.8, 4) is 5.75 Å². The molecule has 2 amide bonds. The highest BCUT2D eigenvalue weighted by Crippen LogP contribution is 2.14. The number of amides is 2. The van der Waals surface area contributed by atoms with Gasteiger partial charge in [-0.15, -0.1) is 0 Å². The average Bonchev–Trinajstić information content (AvgIpc) is 2.53. The quantitative estimate of drug-likeness (QED) is 0.819. The van der Waals surface area contributed by atoms with E-state index >= 15 is 0 Å². The van der Waals surface area contributed by atoms with Crippen molar-refractivity contribution in [2.24, 2.45) is 0 Å². The van der Waals surface area contributed by atoms with Gasteiger partial charge in [-0.05, 0) is 38.3 Å². The summed E-state index contributed by atoms with van der Waals surface area (Å²) >= 11 is 0. The van der Waals surface area contributed by atoms with Crippen LogP contribution in [0.3, 0.4) is 0 Å². The van der Waals surface area contributed by atoms with Crippen LogP contribution >= 0.6 is 0 Å². The molecule has 5 nitrogen and oxygen atoms in total. The smallest absolute Gasteiger partial charge is 0.222 e. The Morgan fingerprint density at radius 3 is 2.48 bits per heavy atom. The van der Waals surface area contributed by atoms with Crippen molar-refractivity contribution < 1.29 is 14.3 Å². The zero-order valence-electron chi connectivity index (χ0n) is 14.0. The summed E-state index contributed by atoms with van der Waals surface area (Å²) in [7, 11) is 0. The molecule has 1 heterocycles. The second-order valence-electron chi connectivity index (χ2n) is 6.12. The molecule has 126 valence electrons. The fraction of sp³-hybridized carbons (Fsp3) is 0.556. The summed E-state index contributed by atoms with van der Waals surface area (Å²) in [5, 5.41) is 2.92. The molecule has 1 aromatic rings. The van der Waals surface area contributed by atoms with E-state index < -0.39 is 0 Å². The van der Waals surface area contributed by atoms with Crippen molar-refractivity contribution in [3.05, 3.63) is 29.8 Å². The van der Waals surface area contributed by atoms with Crippen molar-refractivity contribution in [2.75, 3.05) is 19.7 Å². The molecule has 0 saturated carbocycles. The zero-order chi connectivity index (χ0) is 16.7. The first-order chi connectivity index (χ1) is 11.0. The van der Waals surface area contributed by atoms with Gasteiger partial charge in [0.1, 0.15) is 5.75 Å². The fourth-order valence-electron chi connectivity index (χ4n) is 2.77. The predicted molar refractivity (Wildman–Crippen MR) is 89.3 cm³/mol. The van der Waals surface area contributed by atoms with E-state index in [0.29, 0.717) is 13.0 Å². The predicted octanol–water partition coefficient (Wildman–Crippen LogP) is 2.28. The van der Waals surface area contributed by atoms with Crippen LogP contribution in [0.5, 0.6) is 5.75 Å². The first kappa shape index (κ1) is 17.3. The summed E-state index contributed by atoms with van der Waals surface area (Å²) in [6.07, 6.45) is 2.91. The molecule has 0 radical (unpaired) electrons. The van der Waals surface area contributed by atoms with E-state index in [2.05, 4.69) is 5.32 Å². The Bertz CT molecular complexity index is 520. The third-order valence-electron chi connectivity index (χ3n) is 4.08. The standard InChI is InChI=1S/C18H26N2O3/c1-14-5-7-17(8-6-14)23-13-3-4-18(22)20-11-9-16(10-12-20)19-15(2)21/h5-8,16H,3-4,9-13H2,1-2H3,(H,19,21). The van der Waals surface area contributed by atoms with Gasteiger partial charge < -0.3 is 15.0 Å². The Labute approximate surface area is 138 Å². The van der Waals surface area contributed by atoms with Gasteiger partial charge in [0.2, 0.25) is 11.8 Å². The molecule has 0 unspecified atom stereocenters. The number of aryl methyl sites for hydroxylation is 1. The average molecular weight is 318 g/mol. The van der Waals surface area contributed by atoms with Gasteiger partial charge in [0.15, 0.2) is 0 Å².